The van der Waals surface area contributed by atoms with Crippen molar-refractivity contribution in [2.24, 2.45) is 0 Å². The van der Waals surface area contributed by atoms with Gasteiger partial charge in [0.2, 0.25) is 0 Å². The van der Waals surface area contributed by atoms with Crippen molar-refractivity contribution in [2.75, 3.05) is 0 Å². The van der Waals surface area contributed by atoms with Gasteiger partial charge in [-0.25, -0.2) is 0 Å². The summed E-state index contributed by atoms with van der Waals surface area (Å²) in [7, 11) is 0. The molecule has 1 amide bonds. The van der Waals surface area contributed by atoms with E-state index in [2.05, 4.69) is 5.32 Å². The van der Waals surface area contributed by atoms with Crippen LogP contribution >= 0.6 is 0 Å². The molecular formula is C20H21NO4. The number of carbonyl (C=O) groups is 1. The Morgan fingerprint density at radius 1 is 1.20 bits per heavy atom. The number of ether oxygens (including phenoxy) is 1. The minimum atomic E-state index is -0.365. The van der Waals surface area contributed by atoms with Gasteiger partial charge < -0.3 is 14.5 Å². The number of hydrogen-bond donors (Lipinski definition) is 1. The Morgan fingerprint density at radius 2 is 1.96 bits per heavy atom. The van der Waals surface area contributed by atoms with Crippen LogP contribution in [0.3, 0.4) is 0 Å². The van der Waals surface area contributed by atoms with E-state index in [1.54, 1.807) is 6.92 Å². The number of aryl methyl sites for hydroxylation is 1. The summed E-state index contributed by atoms with van der Waals surface area (Å²) in [5, 5.41) is 3.05. The molecule has 25 heavy (non-hydrogen) atoms. The van der Waals surface area contributed by atoms with E-state index in [-0.39, 0.29) is 28.7 Å². The van der Waals surface area contributed by atoms with Crippen molar-refractivity contribution in [1.82, 2.24) is 5.32 Å². The van der Waals surface area contributed by atoms with E-state index in [9.17, 15) is 9.59 Å². The molecule has 1 fully saturated rings. The average Bonchev–Trinajstić information content (AvgIpc) is 3.01. The predicted molar refractivity (Wildman–Crippen MR) is 92.8 cm³/mol. The highest BCUT2D eigenvalue weighted by molar-refractivity contribution is 5.91. The van der Waals surface area contributed by atoms with Gasteiger partial charge in [0, 0.05) is 24.1 Å². The van der Waals surface area contributed by atoms with E-state index in [1.165, 1.54) is 12.1 Å². The highest BCUT2D eigenvalue weighted by atomic mass is 16.5. The topological polar surface area (TPSA) is 68.5 Å². The first-order chi connectivity index (χ1) is 12.0. The Bertz CT molecular complexity index is 864. The van der Waals surface area contributed by atoms with Crippen LogP contribution < -0.4 is 15.5 Å². The normalized spacial score (nSPS) is 20.8. The third-order valence-corrected chi connectivity index (χ3v) is 5.13. The molecule has 1 aromatic heterocycles. The Kier molecular flexibility index (Phi) is 3.86. The Hall–Kier alpha value is -2.56. The summed E-state index contributed by atoms with van der Waals surface area (Å²) in [5.74, 6) is 0.953. The molecule has 4 rings (SSSR count). The van der Waals surface area contributed by atoms with Crippen LogP contribution in [0.4, 0.5) is 0 Å². The zero-order valence-electron chi connectivity index (χ0n) is 14.2. The summed E-state index contributed by atoms with van der Waals surface area (Å²) in [6, 6.07) is 10.3. The van der Waals surface area contributed by atoms with E-state index in [0.717, 1.165) is 43.4 Å². The molecule has 5 nitrogen and oxygen atoms in total. The smallest absolute Gasteiger partial charge is 0.287 e. The molecule has 130 valence electrons. The van der Waals surface area contributed by atoms with Crippen LogP contribution in [0, 0.1) is 6.92 Å². The minimum absolute atomic E-state index is 0.0504. The molecule has 1 aromatic carbocycles. The lowest BCUT2D eigenvalue weighted by molar-refractivity contribution is 0.0356. The second-order valence-corrected chi connectivity index (χ2v) is 7.03. The average molecular weight is 339 g/mol. The number of hydrogen-bond acceptors (Lipinski definition) is 4. The molecule has 0 bridgehead atoms. The van der Waals surface area contributed by atoms with Gasteiger partial charge in [-0.1, -0.05) is 18.2 Å². The molecule has 5 heteroatoms. The second kappa shape index (κ2) is 6.06. The maximum Gasteiger partial charge on any atom is 0.287 e. The van der Waals surface area contributed by atoms with E-state index < -0.39 is 0 Å². The number of amides is 1. The molecule has 2 heterocycles. The Morgan fingerprint density at radius 3 is 2.72 bits per heavy atom. The highest BCUT2D eigenvalue weighted by Gasteiger charge is 2.43. The minimum Gasteiger partial charge on any atom is -0.487 e. The third-order valence-electron chi connectivity index (χ3n) is 5.13. The molecule has 1 spiro atoms. The molecule has 1 atom stereocenters. The van der Waals surface area contributed by atoms with Crippen molar-refractivity contribution < 1.29 is 13.9 Å². The molecule has 2 aromatic rings. The van der Waals surface area contributed by atoms with Gasteiger partial charge in [-0.15, -0.1) is 0 Å². The van der Waals surface area contributed by atoms with Crippen molar-refractivity contribution >= 4 is 5.91 Å². The number of carbonyl (C=O) groups excluding carboxylic acids is 1. The van der Waals surface area contributed by atoms with E-state index in [0.29, 0.717) is 5.76 Å². The van der Waals surface area contributed by atoms with Gasteiger partial charge in [-0.05, 0) is 38.7 Å². The highest BCUT2D eigenvalue weighted by Crippen LogP contribution is 2.47. The van der Waals surface area contributed by atoms with Crippen molar-refractivity contribution in [1.29, 1.82) is 0 Å². The largest absolute Gasteiger partial charge is 0.487 e. The maximum absolute atomic E-state index is 12.6. The first-order valence-electron chi connectivity index (χ1n) is 8.75. The van der Waals surface area contributed by atoms with Crippen molar-refractivity contribution in [3.63, 3.8) is 0 Å². The van der Waals surface area contributed by atoms with E-state index in [4.69, 9.17) is 9.15 Å². The Balaban J connectivity index is 1.64. The van der Waals surface area contributed by atoms with Crippen LogP contribution in [0.1, 0.15) is 60.0 Å². The standard InChI is InChI=1S/C20H21NO4/c1-13-10-14(22)11-18(24-13)19(23)21-16-12-20(8-4-5-9-20)25-17-7-3-2-6-15(16)17/h2-3,6-7,10-11,16H,4-5,8-9,12H2,1H3,(H,21,23)/t16-/m0/s1. The van der Waals surface area contributed by atoms with Gasteiger partial charge in [0.15, 0.2) is 11.2 Å². The fourth-order valence-electron chi connectivity index (χ4n) is 4.02. The number of rotatable bonds is 2. The van der Waals surface area contributed by atoms with Crippen LogP contribution in [0.5, 0.6) is 5.75 Å². The summed E-state index contributed by atoms with van der Waals surface area (Å²) in [6.07, 6.45) is 5.05. The molecule has 1 aliphatic heterocycles. The molecule has 1 aliphatic carbocycles. The summed E-state index contributed by atoms with van der Waals surface area (Å²) in [6.45, 7) is 1.66. The zero-order chi connectivity index (χ0) is 17.4. The number of fused-ring (bicyclic) bond motifs is 1. The molecule has 0 radical (unpaired) electrons. The first kappa shape index (κ1) is 15.9. The van der Waals surface area contributed by atoms with Gasteiger partial charge >= 0.3 is 0 Å². The first-order valence-corrected chi connectivity index (χ1v) is 8.75. The number of benzene rings is 1. The number of para-hydroxylation sites is 1. The van der Waals surface area contributed by atoms with Crippen LogP contribution in [0.15, 0.2) is 45.6 Å². The van der Waals surface area contributed by atoms with Gasteiger partial charge in [-0.2, -0.15) is 0 Å². The van der Waals surface area contributed by atoms with Gasteiger partial charge in [0.25, 0.3) is 5.91 Å². The van der Waals surface area contributed by atoms with Crippen LogP contribution in [-0.4, -0.2) is 11.5 Å². The molecule has 2 aliphatic rings. The fourth-order valence-corrected chi connectivity index (χ4v) is 4.02. The van der Waals surface area contributed by atoms with Crippen LogP contribution in [-0.2, 0) is 0 Å². The zero-order valence-corrected chi connectivity index (χ0v) is 14.2. The van der Waals surface area contributed by atoms with Gasteiger partial charge in [-0.3, -0.25) is 9.59 Å². The van der Waals surface area contributed by atoms with Crippen LogP contribution in [0.2, 0.25) is 0 Å². The van der Waals surface area contributed by atoms with Crippen LogP contribution in [0.25, 0.3) is 0 Å². The maximum atomic E-state index is 12.6. The van der Waals surface area contributed by atoms with Gasteiger partial charge in [0.1, 0.15) is 17.1 Å². The van der Waals surface area contributed by atoms with E-state index >= 15 is 0 Å². The summed E-state index contributed by atoms with van der Waals surface area (Å²) in [5.41, 5.74) is 0.552. The molecular weight excluding hydrogens is 318 g/mol. The molecule has 0 unspecified atom stereocenters. The van der Waals surface area contributed by atoms with Crippen molar-refractivity contribution in [3.8, 4) is 5.75 Å². The third kappa shape index (κ3) is 3.06. The monoisotopic (exact) mass is 339 g/mol. The quantitative estimate of drug-likeness (QED) is 0.909. The van der Waals surface area contributed by atoms with Crippen molar-refractivity contribution in [2.45, 2.75) is 50.7 Å². The molecule has 0 saturated heterocycles. The van der Waals surface area contributed by atoms with E-state index in [1.807, 2.05) is 24.3 Å². The lowest BCUT2D eigenvalue weighted by Gasteiger charge is -2.40. The lowest BCUT2D eigenvalue weighted by atomic mass is 9.86. The lowest BCUT2D eigenvalue weighted by Crippen LogP contribution is -2.43. The number of nitrogens with one attached hydrogen (secondary N) is 1. The summed E-state index contributed by atoms with van der Waals surface area (Å²) < 4.78 is 11.7. The van der Waals surface area contributed by atoms with Gasteiger partial charge in [0.05, 0.1) is 6.04 Å². The van der Waals surface area contributed by atoms with Crippen molar-refractivity contribution in [3.05, 3.63) is 63.7 Å². The predicted octanol–water partition coefficient (Wildman–Crippen LogP) is 3.51. The summed E-state index contributed by atoms with van der Waals surface area (Å²) >= 11 is 0. The molecule has 1 saturated carbocycles. The Labute approximate surface area is 146 Å². The second-order valence-electron chi connectivity index (χ2n) is 7.03. The SMILES string of the molecule is Cc1cc(=O)cc(C(=O)N[C@H]2CC3(CCCC3)Oc3ccccc32)o1. The fraction of sp³-hybridized carbons (Fsp3) is 0.400. The summed E-state index contributed by atoms with van der Waals surface area (Å²) in [4.78, 5) is 24.3. The molecule has 1 N–H and O–H groups in total.